The highest BCUT2D eigenvalue weighted by molar-refractivity contribution is 5.68. The second-order valence-electron chi connectivity index (χ2n) is 2.14. The molecule has 0 fully saturated rings. The Hall–Kier alpha value is -1.31. The zero-order valence-electron chi connectivity index (χ0n) is 5.45. The smallest absolute Gasteiger partial charge is 0.151 e. The Labute approximate surface area is 58.2 Å². The Bertz CT molecular complexity index is 359. The minimum atomic E-state index is 0.855. The van der Waals surface area contributed by atoms with Crippen LogP contribution < -0.4 is 10.6 Å². The normalized spacial score (nSPS) is 14.8. The summed E-state index contributed by atoms with van der Waals surface area (Å²) >= 11 is 0. The van der Waals surface area contributed by atoms with Crippen LogP contribution in [-0.2, 0) is 0 Å². The number of furan rings is 1. The zero-order chi connectivity index (χ0) is 6.81. The van der Waals surface area contributed by atoms with Gasteiger partial charge in [0.15, 0.2) is 5.42 Å². The number of hydrogen-bond acceptors (Lipinski definition) is 2. The van der Waals surface area contributed by atoms with Gasteiger partial charge in [0.05, 0.1) is 12.5 Å². The summed E-state index contributed by atoms with van der Waals surface area (Å²) in [6.07, 6.45) is 8.25. The van der Waals surface area contributed by atoms with Crippen molar-refractivity contribution in [2.24, 2.45) is 4.99 Å². The lowest BCUT2D eigenvalue weighted by Crippen LogP contribution is -2.17. The minimum Gasteiger partial charge on any atom is -0.463 e. The highest BCUT2D eigenvalue weighted by Gasteiger charge is 1.88. The molecule has 0 N–H and O–H groups in total. The lowest BCUT2D eigenvalue weighted by molar-refractivity contribution is 0.530. The van der Waals surface area contributed by atoms with Gasteiger partial charge in [0.1, 0.15) is 0 Å². The molecule has 0 aromatic carbocycles. The van der Waals surface area contributed by atoms with Gasteiger partial charge in [-0.05, 0) is 6.07 Å². The van der Waals surface area contributed by atoms with Crippen molar-refractivity contribution in [1.29, 1.82) is 0 Å². The number of aliphatic imine (C=N–C) groups is 1. The summed E-state index contributed by atoms with van der Waals surface area (Å²) in [7, 11) is 0. The standard InChI is InChI=1S/C8H7NO/c1-2-7-3-5-10-8(7)6-9-4-1/h2-6H,1H2. The van der Waals surface area contributed by atoms with Gasteiger partial charge in [-0.3, -0.25) is 4.99 Å². The van der Waals surface area contributed by atoms with Crippen molar-refractivity contribution in [3.8, 4) is 0 Å². The third-order valence-electron chi connectivity index (χ3n) is 1.47. The third kappa shape index (κ3) is 0.778. The Kier molecular flexibility index (Phi) is 1.17. The molecule has 0 amide bonds. The molecule has 0 spiro atoms. The van der Waals surface area contributed by atoms with Crippen LogP contribution in [0.1, 0.15) is 6.42 Å². The van der Waals surface area contributed by atoms with Crippen molar-refractivity contribution in [1.82, 2.24) is 0 Å². The lowest BCUT2D eigenvalue weighted by atomic mass is 10.3. The SMILES string of the molecule is C1=NC=c2occc2=CC1. The van der Waals surface area contributed by atoms with Gasteiger partial charge in [-0.2, -0.15) is 0 Å². The first-order chi connectivity index (χ1) is 4.97. The van der Waals surface area contributed by atoms with Crippen molar-refractivity contribution >= 4 is 18.5 Å². The molecule has 1 aliphatic rings. The van der Waals surface area contributed by atoms with Gasteiger partial charge in [0.2, 0.25) is 0 Å². The largest absolute Gasteiger partial charge is 0.463 e. The van der Waals surface area contributed by atoms with Gasteiger partial charge in [0, 0.05) is 17.9 Å². The van der Waals surface area contributed by atoms with Crippen molar-refractivity contribution in [3.63, 3.8) is 0 Å². The number of nitrogens with zero attached hydrogens (tertiary/aromatic N) is 1. The van der Waals surface area contributed by atoms with Gasteiger partial charge in [-0.25, -0.2) is 0 Å². The molecule has 2 heterocycles. The number of rotatable bonds is 0. The average Bonchev–Trinajstić information content (AvgIpc) is 2.28. The van der Waals surface area contributed by atoms with E-state index in [-0.39, 0.29) is 0 Å². The van der Waals surface area contributed by atoms with Gasteiger partial charge < -0.3 is 4.42 Å². The van der Waals surface area contributed by atoms with E-state index in [9.17, 15) is 0 Å². The van der Waals surface area contributed by atoms with Crippen LogP contribution >= 0.6 is 0 Å². The summed E-state index contributed by atoms with van der Waals surface area (Å²) in [5.74, 6) is 0. The molecule has 1 aromatic heterocycles. The van der Waals surface area contributed by atoms with E-state index in [2.05, 4.69) is 11.1 Å². The topological polar surface area (TPSA) is 25.5 Å². The fourth-order valence-electron chi connectivity index (χ4n) is 0.965. The monoisotopic (exact) mass is 133 g/mol. The first-order valence-electron chi connectivity index (χ1n) is 3.22. The van der Waals surface area contributed by atoms with E-state index in [0.29, 0.717) is 0 Å². The molecule has 2 heteroatoms. The molecule has 0 atom stereocenters. The number of hydrogen-bond donors (Lipinski definition) is 0. The highest BCUT2D eigenvalue weighted by atomic mass is 16.3. The fourth-order valence-corrected chi connectivity index (χ4v) is 0.965. The van der Waals surface area contributed by atoms with Gasteiger partial charge in [-0.15, -0.1) is 0 Å². The maximum Gasteiger partial charge on any atom is 0.151 e. The predicted octanol–water partition coefficient (Wildman–Crippen LogP) is 0.273. The van der Waals surface area contributed by atoms with E-state index in [1.165, 1.54) is 0 Å². The average molecular weight is 133 g/mol. The predicted molar refractivity (Wildman–Crippen MR) is 40.0 cm³/mol. The van der Waals surface area contributed by atoms with Crippen molar-refractivity contribution in [3.05, 3.63) is 23.0 Å². The summed E-state index contributed by atoms with van der Waals surface area (Å²) in [6, 6.07) is 1.94. The molecule has 0 radical (unpaired) electrons. The molecule has 2 rings (SSSR count). The van der Waals surface area contributed by atoms with Crippen molar-refractivity contribution in [2.75, 3.05) is 0 Å². The molecule has 0 bridgehead atoms. The van der Waals surface area contributed by atoms with E-state index >= 15 is 0 Å². The second kappa shape index (κ2) is 2.14. The van der Waals surface area contributed by atoms with Crippen LogP contribution in [0.15, 0.2) is 21.7 Å². The summed E-state index contributed by atoms with van der Waals surface area (Å²) in [4.78, 5) is 4.01. The Balaban J connectivity index is 2.82. The zero-order valence-corrected chi connectivity index (χ0v) is 5.45. The van der Waals surface area contributed by atoms with Crippen molar-refractivity contribution < 1.29 is 4.42 Å². The summed E-state index contributed by atoms with van der Waals surface area (Å²) in [5, 5.41) is 1.14. The van der Waals surface area contributed by atoms with Crippen molar-refractivity contribution in [2.45, 2.75) is 6.42 Å². The molecule has 50 valence electrons. The maximum absolute atomic E-state index is 5.14. The second-order valence-corrected chi connectivity index (χ2v) is 2.14. The minimum absolute atomic E-state index is 0.855. The maximum atomic E-state index is 5.14. The summed E-state index contributed by atoms with van der Waals surface area (Å²) in [5.41, 5.74) is 0.855. The molecule has 1 aromatic rings. The first kappa shape index (κ1) is 5.47. The Morgan fingerprint density at radius 3 is 3.50 bits per heavy atom. The summed E-state index contributed by atoms with van der Waals surface area (Å²) < 4.78 is 5.14. The van der Waals surface area contributed by atoms with Crippen LogP contribution in [-0.4, -0.2) is 6.21 Å². The number of fused-ring (bicyclic) bond motifs is 1. The van der Waals surface area contributed by atoms with E-state index in [0.717, 1.165) is 17.1 Å². The van der Waals surface area contributed by atoms with E-state index in [4.69, 9.17) is 4.42 Å². The van der Waals surface area contributed by atoms with Crippen LogP contribution in [0.4, 0.5) is 0 Å². The third-order valence-corrected chi connectivity index (χ3v) is 1.47. The Morgan fingerprint density at radius 1 is 1.50 bits per heavy atom. The quantitative estimate of drug-likeness (QED) is 0.499. The van der Waals surface area contributed by atoms with Gasteiger partial charge >= 0.3 is 0 Å². The molecular formula is C8H7NO. The molecule has 2 nitrogen and oxygen atoms in total. The molecule has 0 unspecified atom stereocenters. The summed E-state index contributed by atoms with van der Waals surface area (Å²) in [6.45, 7) is 0. The van der Waals surface area contributed by atoms with E-state index in [1.807, 2.05) is 12.3 Å². The van der Waals surface area contributed by atoms with Crippen LogP contribution in [0.25, 0.3) is 12.3 Å². The molecule has 0 aliphatic carbocycles. The van der Waals surface area contributed by atoms with E-state index in [1.54, 1.807) is 12.5 Å². The molecule has 10 heavy (non-hydrogen) atoms. The van der Waals surface area contributed by atoms with Crippen LogP contribution in [0.5, 0.6) is 0 Å². The van der Waals surface area contributed by atoms with Gasteiger partial charge in [0.25, 0.3) is 0 Å². The van der Waals surface area contributed by atoms with Crippen LogP contribution in [0.3, 0.4) is 0 Å². The van der Waals surface area contributed by atoms with Crippen LogP contribution in [0, 0.1) is 0 Å². The Morgan fingerprint density at radius 2 is 2.50 bits per heavy atom. The molecular weight excluding hydrogens is 126 g/mol. The highest BCUT2D eigenvalue weighted by Crippen LogP contribution is 1.82. The lowest BCUT2D eigenvalue weighted by Gasteiger charge is -1.71. The first-order valence-corrected chi connectivity index (χ1v) is 3.22. The van der Waals surface area contributed by atoms with E-state index < -0.39 is 0 Å². The molecule has 0 saturated heterocycles. The molecule has 0 saturated carbocycles. The molecule has 1 aliphatic heterocycles. The van der Waals surface area contributed by atoms with Crippen LogP contribution in [0.2, 0.25) is 0 Å². The van der Waals surface area contributed by atoms with Gasteiger partial charge in [-0.1, -0.05) is 6.08 Å². The fraction of sp³-hybridized carbons (Fsp3) is 0.125.